The quantitative estimate of drug-likeness (QED) is 0.357. The molecule has 2 aromatic carbocycles. The number of amides is 1. The Morgan fingerprint density at radius 1 is 0.946 bits per heavy atom. The van der Waals surface area contributed by atoms with Crippen LogP contribution < -0.4 is 0 Å². The van der Waals surface area contributed by atoms with Crippen LogP contribution in [0.2, 0.25) is 0 Å². The summed E-state index contributed by atoms with van der Waals surface area (Å²) in [4.78, 5) is 44.3. The summed E-state index contributed by atoms with van der Waals surface area (Å²) >= 11 is 6.06. The van der Waals surface area contributed by atoms with E-state index in [-0.39, 0.29) is 11.8 Å². The first-order valence-corrected chi connectivity index (χ1v) is 12.9. The molecule has 0 saturated carbocycles. The zero-order valence-electron chi connectivity index (χ0n) is 22.1. The van der Waals surface area contributed by atoms with Gasteiger partial charge in [-0.3, -0.25) is 4.79 Å². The molecule has 0 bridgehead atoms. The highest BCUT2D eigenvalue weighted by Gasteiger charge is 2.44. The lowest BCUT2D eigenvalue weighted by Gasteiger charge is -2.41. The predicted octanol–water partition coefficient (Wildman–Crippen LogP) is 5.55. The van der Waals surface area contributed by atoms with Crippen LogP contribution in [0.4, 0.5) is 0 Å². The third kappa shape index (κ3) is 5.67. The summed E-state index contributed by atoms with van der Waals surface area (Å²) in [6.07, 6.45) is 0.295. The number of fused-ring (bicyclic) bond motifs is 3. The number of aromatic amines is 1. The normalized spacial score (nSPS) is 17.9. The second-order valence-corrected chi connectivity index (χ2v) is 11.5. The Balaban J connectivity index is 1.84. The highest BCUT2D eigenvalue weighted by molar-refractivity contribution is 6.27. The highest BCUT2D eigenvalue weighted by atomic mass is 35.5. The largest absolute Gasteiger partial charge is 0.458 e. The molecule has 37 heavy (non-hydrogen) atoms. The summed E-state index contributed by atoms with van der Waals surface area (Å²) in [6.45, 7) is 10.8. The van der Waals surface area contributed by atoms with E-state index in [1.165, 1.54) is 4.90 Å². The van der Waals surface area contributed by atoms with Gasteiger partial charge in [-0.2, -0.15) is 0 Å². The maximum absolute atomic E-state index is 13.4. The lowest BCUT2D eigenvalue weighted by molar-refractivity contribution is -0.166. The maximum atomic E-state index is 13.4. The SMILES string of the molecule is CC(C)(C)OC(=O)c1ccc([C@H]2c3[nH]c4ccccc4c3C[C@H](C(=O)OC(C)(C)C)N2C(=O)CCl)cc1. The van der Waals surface area contributed by atoms with Crippen molar-refractivity contribution in [2.24, 2.45) is 0 Å². The second-order valence-electron chi connectivity index (χ2n) is 11.3. The van der Waals surface area contributed by atoms with Gasteiger partial charge in [-0.25, -0.2) is 9.59 Å². The number of rotatable bonds is 4. The number of esters is 2. The molecule has 1 N–H and O–H groups in total. The maximum Gasteiger partial charge on any atom is 0.338 e. The average Bonchev–Trinajstić information content (AvgIpc) is 3.18. The number of aromatic nitrogens is 1. The molecule has 1 amide bonds. The van der Waals surface area contributed by atoms with Crippen molar-refractivity contribution in [1.29, 1.82) is 0 Å². The minimum atomic E-state index is -0.868. The van der Waals surface area contributed by atoms with Crippen LogP contribution in [0.3, 0.4) is 0 Å². The number of halogens is 1. The van der Waals surface area contributed by atoms with E-state index in [0.29, 0.717) is 12.0 Å². The van der Waals surface area contributed by atoms with Crippen molar-refractivity contribution in [2.45, 2.75) is 71.2 Å². The number of hydrogen-bond donors (Lipinski definition) is 1. The van der Waals surface area contributed by atoms with Gasteiger partial charge < -0.3 is 19.4 Å². The molecule has 0 aliphatic carbocycles. The predicted molar refractivity (Wildman–Crippen MR) is 143 cm³/mol. The number of carbonyl (C=O) groups excluding carboxylic acids is 3. The number of nitrogens with zero attached hydrogens (tertiary/aromatic N) is 1. The van der Waals surface area contributed by atoms with E-state index in [0.717, 1.165) is 27.7 Å². The lowest BCUT2D eigenvalue weighted by Crippen LogP contribution is -2.53. The Bertz CT molecular complexity index is 1330. The molecule has 0 spiro atoms. The Kier molecular flexibility index (Phi) is 7.12. The molecule has 1 aliphatic rings. The van der Waals surface area contributed by atoms with E-state index in [1.807, 2.05) is 45.0 Å². The highest BCUT2D eigenvalue weighted by Crippen LogP contribution is 2.41. The van der Waals surface area contributed by atoms with Crippen LogP contribution in [0, 0.1) is 0 Å². The van der Waals surface area contributed by atoms with Gasteiger partial charge in [0.25, 0.3) is 0 Å². The minimum absolute atomic E-state index is 0.290. The first-order valence-electron chi connectivity index (χ1n) is 12.3. The van der Waals surface area contributed by atoms with Crippen LogP contribution in [0.25, 0.3) is 10.9 Å². The Hall–Kier alpha value is -3.32. The molecule has 4 rings (SSSR count). The Labute approximate surface area is 222 Å². The third-order valence-electron chi connectivity index (χ3n) is 6.07. The molecule has 1 aliphatic heterocycles. The van der Waals surface area contributed by atoms with Crippen molar-refractivity contribution in [2.75, 3.05) is 5.88 Å². The number of hydrogen-bond acceptors (Lipinski definition) is 5. The van der Waals surface area contributed by atoms with Gasteiger partial charge in [0.15, 0.2) is 0 Å². The Morgan fingerprint density at radius 2 is 1.57 bits per heavy atom. The van der Waals surface area contributed by atoms with Crippen molar-refractivity contribution in [1.82, 2.24) is 9.88 Å². The summed E-state index contributed by atoms with van der Waals surface area (Å²) in [5.41, 5.74) is 2.44. The van der Waals surface area contributed by atoms with E-state index in [2.05, 4.69) is 4.98 Å². The smallest absolute Gasteiger partial charge is 0.338 e. The molecule has 0 saturated heterocycles. The van der Waals surface area contributed by atoms with E-state index in [1.54, 1.807) is 45.0 Å². The van der Waals surface area contributed by atoms with Crippen LogP contribution in [-0.4, -0.2) is 50.9 Å². The van der Waals surface area contributed by atoms with Crippen LogP contribution in [0.5, 0.6) is 0 Å². The zero-order valence-corrected chi connectivity index (χ0v) is 22.8. The van der Waals surface area contributed by atoms with Gasteiger partial charge in [-0.05, 0) is 70.9 Å². The lowest BCUT2D eigenvalue weighted by atomic mass is 9.87. The standard InChI is InChI=1S/C29H33ClN2O5/c1-28(2,3)36-26(34)18-13-11-17(12-14-18)25-24-20(19-9-7-8-10-21(19)31-24)15-22(32(25)23(33)16-30)27(35)37-29(4,5)6/h7-14,22,25,31H,15-16H2,1-6H3/t22-,25+/m1/s1. The number of carbonyl (C=O) groups is 3. The molecule has 0 fully saturated rings. The summed E-state index contributed by atoms with van der Waals surface area (Å²) in [5.74, 6) is -1.60. The molecule has 2 heterocycles. The van der Waals surface area contributed by atoms with E-state index >= 15 is 0 Å². The first kappa shape index (κ1) is 26.7. The summed E-state index contributed by atoms with van der Waals surface area (Å²) < 4.78 is 11.2. The van der Waals surface area contributed by atoms with Crippen molar-refractivity contribution in [3.8, 4) is 0 Å². The summed E-state index contributed by atoms with van der Waals surface area (Å²) in [7, 11) is 0. The second kappa shape index (κ2) is 9.86. The van der Waals surface area contributed by atoms with Crippen LogP contribution >= 0.6 is 11.6 Å². The van der Waals surface area contributed by atoms with Gasteiger partial charge in [0.1, 0.15) is 23.1 Å². The van der Waals surface area contributed by atoms with Crippen molar-refractivity contribution < 1.29 is 23.9 Å². The van der Waals surface area contributed by atoms with Gasteiger partial charge in [-0.1, -0.05) is 30.3 Å². The molecule has 0 radical (unpaired) electrons. The van der Waals surface area contributed by atoms with Gasteiger partial charge in [0, 0.05) is 23.0 Å². The molecular weight excluding hydrogens is 492 g/mol. The summed E-state index contributed by atoms with van der Waals surface area (Å²) in [5, 5.41) is 0.986. The van der Waals surface area contributed by atoms with Crippen LogP contribution in [0.15, 0.2) is 48.5 Å². The number of H-pyrrole nitrogens is 1. The fourth-order valence-electron chi connectivity index (χ4n) is 4.70. The Morgan fingerprint density at radius 3 is 2.16 bits per heavy atom. The topological polar surface area (TPSA) is 88.7 Å². The third-order valence-corrected chi connectivity index (χ3v) is 6.30. The molecule has 2 atom stereocenters. The molecule has 3 aromatic rings. The molecule has 196 valence electrons. The van der Waals surface area contributed by atoms with Gasteiger partial charge in [0.2, 0.25) is 5.91 Å². The van der Waals surface area contributed by atoms with Crippen LogP contribution in [0.1, 0.15) is 74.8 Å². The molecule has 8 heteroatoms. The number of alkyl halides is 1. The monoisotopic (exact) mass is 524 g/mol. The van der Waals surface area contributed by atoms with E-state index < -0.39 is 35.2 Å². The number of para-hydroxylation sites is 1. The van der Waals surface area contributed by atoms with Crippen molar-refractivity contribution in [3.05, 3.63) is 70.9 Å². The fraction of sp³-hybridized carbons (Fsp3) is 0.414. The van der Waals surface area contributed by atoms with E-state index in [9.17, 15) is 14.4 Å². The van der Waals surface area contributed by atoms with Gasteiger partial charge in [-0.15, -0.1) is 11.6 Å². The van der Waals surface area contributed by atoms with E-state index in [4.69, 9.17) is 21.1 Å². The number of ether oxygens (including phenoxy) is 2. The molecule has 1 aromatic heterocycles. The van der Waals surface area contributed by atoms with Gasteiger partial charge in [0.05, 0.1) is 11.6 Å². The number of benzene rings is 2. The molecular formula is C29H33ClN2O5. The molecule has 0 unspecified atom stereocenters. The van der Waals surface area contributed by atoms with Gasteiger partial charge >= 0.3 is 11.9 Å². The minimum Gasteiger partial charge on any atom is -0.458 e. The van der Waals surface area contributed by atoms with Crippen molar-refractivity contribution >= 4 is 40.3 Å². The van der Waals surface area contributed by atoms with Crippen LogP contribution in [-0.2, 0) is 25.5 Å². The summed E-state index contributed by atoms with van der Waals surface area (Å²) in [6, 6.07) is 13.3. The molecule has 7 nitrogen and oxygen atoms in total. The number of nitrogens with one attached hydrogen (secondary N) is 1. The fourth-order valence-corrected chi connectivity index (χ4v) is 4.84. The van der Waals surface area contributed by atoms with Crippen molar-refractivity contribution in [3.63, 3.8) is 0 Å². The zero-order chi connectivity index (χ0) is 27.1. The average molecular weight is 525 g/mol. The first-order chi connectivity index (χ1) is 17.3.